The number of hydrogen-bond acceptors (Lipinski definition) is 5. The Morgan fingerprint density at radius 1 is 1.29 bits per heavy atom. The minimum absolute atomic E-state index is 0.00267. The summed E-state index contributed by atoms with van der Waals surface area (Å²) in [5.41, 5.74) is 6.09. The Bertz CT molecular complexity index is 545. The van der Waals surface area contributed by atoms with Gasteiger partial charge in [-0.1, -0.05) is 0 Å². The maximum absolute atomic E-state index is 12.9. The molecule has 0 bridgehead atoms. The summed E-state index contributed by atoms with van der Waals surface area (Å²) in [6.45, 7) is 0. The van der Waals surface area contributed by atoms with E-state index in [1.165, 1.54) is 12.1 Å². The molecule has 0 atom stereocenters. The van der Waals surface area contributed by atoms with E-state index in [0.717, 1.165) is 0 Å². The zero-order chi connectivity index (χ0) is 12.4. The number of aromatic nitrogens is 3. The van der Waals surface area contributed by atoms with Crippen LogP contribution in [0.25, 0.3) is 0 Å². The Morgan fingerprint density at radius 2 is 2.06 bits per heavy atom. The Morgan fingerprint density at radius 3 is 2.71 bits per heavy atom. The molecule has 0 unspecified atom stereocenters. The van der Waals surface area contributed by atoms with Crippen LogP contribution in [0.15, 0.2) is 18.2 Å². The Kier molecular flexibility index (Phi) is 3.57. The number of nitrogens with zero attached hydrogens (tertiary/aromatic N) is 3. The summed E-state index contributed by atoms with van der Waals surface area (Å²) in [5.74, 6) is -0.0789. The first kappa shape index (κ1) is 12.2. The van der Waals surface area contributed by atoms with Gasteiger partial charge in [-0.05, 0) is 52.4 Å². The molecule has 1 aromatic heterocycles. The number of benzene rings is 1. The monoisotopic (exact) mass is 365 g/mol. The minimum atomic E-state index is -0.312. The van der Waals surface area contributed by atoms with Crippen LogP contribution in [-0.2, 0) is 0 Å². The topological polar surface area (TPSA) is 76.7 Å². The maximum atomic E-state index is 12.9. The summed E-state index contributed by atoms with van der Waals surface area (Å²) in [6, 6.07) is 4.29. The molecule has 17 heavy (non-hydrogen) atoms. The lowest BCUT2D eigenvalue weighted by atomic mass is 10.3. The van der Waals surface area contributed by atoms with E-state index in [1.807, 2.05) is 22.6 Å². The molecule has 0 aliphatic rings. The normalized spacial score (nSPS) is 10.3. The van der Waals surface area contributed by atoms with E-state index in [1.54, 1.807) is 6.07 Å². The lowest BCUT2D eigenvalue weighted by Gasteiger charge is -2.07. The van der Waals surface area contributed by atoms with Crippen LogP contribution >= 0.6 is 34.2 Å². The van der Waals surface area contributed by atoms with Crippen LogP contribution in [0.5, 0.6) is 0 Å². The van der Waals surface area contributed by atoms with Crippen LogP contribution < -0.4 is 11.1 Å². The first-order valence-electron chi connectivity index (χ1n) is 4.44. The number of nitrogen functional groups attached to an aromatic ring is 1. The fourth-order valence-electron chi connectivity index (χ4n) is 1.13. The van der Waals surface area contributed by atoms with Gasteiger partial charge in [0.15, 0.2) is 0 Å². The summed E-state index contributed by atoms with van der Waals surface area (Å²) in [6.07, 6.45) is 0. The summed E-state index contributed by atoms with van der Waals surface area (Å²) >= 11 is 7.63. The quantitative estimate of drug-likeness (QED) is 0.800. The molecular weight excluding hydrogens is 359 g/mol. The molecule has 5 nitrogen and oxygen atoms in total. The SMILES string of the molecule is Nc1nc(Cl)nc(Nc2ccc(F)cc2I)n1. The number of anilines is 3. The van der Waals surface area contributed by atoms with Crippen molar-refractivity contribution in [1.29, 1.82) is 0 Å². The van der Waals surface area contributed by atoms with Crippen LogP contribution in [0.3, 0.4) is 0 Å². The highest BCUT2D eigenvalue weighted by Crippen LogP contribution is 2.22. The summed E-state index contributed by atoms with van der Waals surface area (Å²) in [4.78, 5) is 11.3. The molecule has 8 heteroatoms. The van der Waals surface area contributed by atoms with Gasteiger partial charge in [-0.15, -0.1) is 0 Å². The maximum Gasteiger partial charge on any atom is 0.233 e. The second-order valence-corrected chi connectivity index (χ2v) is 4.54. The van der Waals surface area contributed by atoms with Gasteiger partial charge < -0.3 is 11.1 Å². The molecule has 0 fully saturated rings. The fraction of sp³-hybridized carbons (Fsp3) is 0. The Labute approximate surface area is 115 Å². The zero-order valence-electron chi connectivity index (χ0n) is 8.28. The van der Waals surface area contributed by atoms with Crippen molar-refractivity contribution in [2.45, 2.75) is 0 Å². The van der Waals surface area contributed by atoms with Gasteiger partial charge in [-0.2, -0.15) is 15.0 Å². The molecule has 1 aromatic carbocycles. The summed E-state index contributed by atoms with van der Waals surface area (Å²) < 4.78 is 13.6. The first-order chi connectivity index (χ1) is 8.04. The van der Waals surface area contributed by atoms with Crippen molar-refractivity contribution < 1.29 is 4.39 Å². The first-order valence-corrected chi connectivity index (χ1v) is 5.89. The smallest absolute Gasteiger partial charge is 0.233 e. The van der Waals surface area contributed by atoms with Gasteiger partial charge in [0.05, 0.1) is 5.69 Å². The molecular formula is C9H6ClFIN5. The summed E-state index contributed by atoms with van der Waals surface area (Å²) in [7, 11) is 0. The molecule has 0 aliphatic heterocycles. The van der Waals surface area contributed by atoms with E-state index in [4.69, 9.17) is 17.3 Å². The van der Waals surface area contributed by atoms with Crippen LogP contribution in [-0.4, -0.2) is 15.0 Å². The second kappa shape index (κ2) is 4.96. The minimum Gasteiger partial charge on any atom is -0.368 e. The highest BCUT2D eigenvalue weighted by Gasteiger charge is 2.06. The van der Waals surface area contributed by atoms with Gasteiger partial charge in [-0.3, -0.25) is 0 Å². The molecule has 88 valence electrons. The predicted molar refractivity (Wildman–Crippen MR) is 71.6 cm³/mol. The van der Waals surface area contributed by atoms with Crippen molar-refractivity contribution in [2.75, 3.05) is 11.1 Å². The molecule has 0 spiro atoms. The third kappa shape index (κ3) is 3.13. The van der Waals surface area contributed by atoms with E-state index in [0.29, 0.717) is 9.26 Å². The third-order valence-corrected chi connectivity index (χ3v) is 2.86. The number of halogens is 3. The van der Waals surface area contributed by atoms with Gasteiger partial charge >= 0.3 is 0 Å². The van der Waals surface area contributed by atoms with Gasteiger partial charge in [0, 0.05) is 3.57 Å². The van der Waals surface area contributed by atoms with Gasteiger partial charge in [-0.25, -0.2) is 4.39 Å². The largest absolute Gasteiger partial charge is 0.368 e. The Hall–Kier alpha value is -1.22. The van der Waals surface area contributed by atoms with Crippen LogP contribution in [0.4, 0.5) is 22.0 Å². The van der Waals surface area contributed by atoms with Crippen molar-refractivity contribution in [2.24, 2.45) is 0 Å². The average Bonchev–Trinajstić information content (AvgIpc) is 2.21. The number of nitrogens with two attached hydrogens (primary N) is 1. The van der Waals surface area contributed by atoms with Crippen molar-refractivity contribution in [3.05, 3.63) is 32.9 Å². The van der Waals surface area contributed by atoms with Crippen LogP contribution in [0, 0.1) is 9.39 Å². The van der Waals surface area contributed by atoms with Crippen LogP contribution in [0.1, 0.15) is 0 Å². The molecule has 3 N–H and O–H groups in total. The van der Waals surface area contributed by atoms with Crippen molar-refractivity contribution in [3.8, 4) is 0 Å². The molecule has 0 aliphatic carbocycles. The molecule has 0 radical (unpaired) electrons. The lowest BCUT2D eigenvalue weighted by molar-refractivity contribution is 0.627. The number of nitrogens with one attached hydrogen (secondary N) is 1. The number of rotatable bonds is 2. The fourth-order valence-corrected chi connectivity index (χ4v) is 1.91. The highest BCUT2D eigenvalue weighted by atomic mass is 127. The van der Waals surface area contributed by atoms with E-state index in [9.17, 15) is 4.39 Å². The van der Waals surface area contributed by atoms with E-state index in [2.05, 4.69) is 20.3 Å². The van der Waals surface area contributed by atoms with Gasteiger partial charge in [0.1, 0.15) is 5.82 Å². The molecule has 1 heterocycles. The molecule has 2 rings (SSSR count). The third-order valence-electron chi connectivity index (χ3n) is 1.80. The summed E-state index contributed by atoms with van der Waals surface area (Å²) in [5, 5.41) is 2.88. The Balaban J connectivity index is 2.31. The van der Waals surface area contributed by atoms with Crippen molar-refractivity contribution in [3.63, 3.8) is 0 Å². The lowest BCUT2D eigenvalue weighted by Crippen LogP contribution is -2.04. The molecule has 2 aromatic rings. The predicted octanol–water partition coefficient (Wildman–Crippen LogP) is 2.59. The number of hydrogen-bond donors (Lipinski definition) is 2. The zero-order valence-corrected chi connectivity index (χ0v) is 11.2. The van der Waals surface area contributed by atoms with Crippen molar-refractivity contribution >= 4 is 51.8 Å². The molecule has 0 saturated heterocycles. The van der Waals surface area contributed by atoms with Crippen LogP contribution in [0.2, 0.25) is 5.28 Å². The van der Waals surface area contributed by atoms with E-state index in [-0.39, 0.29) is 23.0 Å². The molecule has 0 amide bonds. The highest BCUT2D eigenvalue weighted by molar-refractivity contribution is 14.1. The standard InChI is InChI=1S/C9H6ClFIN5/c10-7-15-8(13)17-9(16-7)14-6-2-1-4(11)3-5(6)12/h1-3H,(H3,13,14,15,16,17). The van der Waals surface area contributed by atoms with Crippen molar-refractivity contribution in [1.82, 2.24) is 15.0 Å². The molecule has 0 saturated carbocycles. The second-order valence-electron chi connectivity index (χ2n) is 3.04. The van der Waals surface area contributed by atoms with Gasteiger partial charge in [0.2, 0.25) is 17.2 Å². The van der Waals surface area contributed by atoms with E-state index >= 15 is 0 Å². The van der Waals surface area contributed by atoms with Gasteiger partial charge in [0.25, 0.3) is 0 Å². The average molecular weight is 366 g/mol. The van der Waals surface area contributed by atoms with E-state index < -0.39 is 0 Å².